The van der Waals surface area contributed by atoms with E-state index in [0.717, 1.165) is 6.54 Å². The Labute approximate surface area is 144 Å². The summed E-state index contributed by atoms with van der Waals surface area (Å²) in [5.41, 5.74) is 0.979. The second-order valence-corrected chi connectivity index (χ2v) is 6.81. The Morgan fingerprint density at radius 1 is 1.29 bits per heavy atom. The highest BCUT2D eigenvalue weighted by Gasteiger charge is 2.18. The van der Waals surface area contributed by atoms with E-state index in [2.05, 4.69) is 5.10 Å². The van der Waals surface area contributed by atoms with Gasteiger partial charge in [-0.1, -0.05) is 0 Å². The van der Waals surface area contributed by atoms with Gasteiger partial charge in [-0.3, -0.25) is 9.59 Å². The van der Waals surface area contributed by atoms with Crippen LogP contribution in [-0.4, -0.2) is 46.9 Å². The number of nitrogens with zero attached hydrogens (tertiary/aromatic N) is 3. The lowest BCUT2D eigenvalue weighted by Gasteiger charge is -2.14. The lowest BCUT2D eigenvalue weighted by molar-refractivity contribution is 0.101. The molecule has 0 N–H and O–H groups in total. The van der Waals surface area contributed by atoms with Crippen molar-refractivity contribution in [3.8, 4) is 5.69 Å². The average Bonchev–Trinajstić information content (AvgIpc) is 2.51. The summed E-state index contributed by atoms with van der Waals surface area (Å²) in [6.07, 6.45) is 0. The molecule has 7 heteroatoms. The Bertz CT molecular complexity index is 801. The van der Waals surface area contributed by atoms with Crippen molar-refractivity contribution in [3.63, 3.8) is 0 Å². The Balaban J connectivity index is 2.55. The third-order valence-electron chi connectivity index (χ3n) is 3.47. The van der Waals surface area contributed by atoms with E-state index in [9.17, 15) is 14.0 Å². The SMILES string of the molecule is CC(=O)c1nn(-c2ccc(F)cc2)c(=O)c(SCCN(C)C)c1C. The molecule has 0 aliphatic heterocycles. The van der Waals surface area contributed by atoms with E-state index in [1.807, 2.05) is 19.0 Å². The highest BCUT2D eigenvalue weighted by atomic mass is 32.2. The molecule has 0 aliphatic carbocycles. The number of carbonyl (C=O) groups is 1. The number of Topliss-reactive ketones (excluding diaryl/α,β-unsaturated/α-hetero) is 1. The van der Waals surface area contributed by atoms with Crippen molar-refractivity contribution in [2.45, 2.75) is 18.7 Å². The molecule has 1 aromatic heterocycles. The van der Waals surface area contributed by atoms with E-state index in [1.165, 1.54) is 47.6 Å². The normalized spacial score (nSPS) is 11.1. The largest absolute Gasteiger partial charge is 0.309 e. The summed E-state index contributed by atoms with van der Waals surface area (Å²) in [6, 6.07) is 5.46. The summed E-state index contributed by atoms with van der Waals surface area (Å²) in [4.78, 5) is 27.2. The van der Waals surface area contributed by atoms with E-state index in [1.54, 1.807) is 6.92 Å². The molecule has 1 heterocycles. The van der Waals surface area contributed by atoms with Crippen LogP contribution in [0.3, 0.4) is 0 Å². The van der Waals surface area contributed by atoms with Gasteiger partial charge in [0.1, 0.15) is 11.5 Å². The van der Waals surface area contributed by atoms with Crippen LogP contribution < -0.4 is 5.56 Å². The highest BCUT2D eigenvalue weighted by molar-refractivity contribution is 7.99. The van der Waals surface area contributed by atoms with Gasteiger partial charge in [-0.05, 0) is 50.8 Å². The maximum absolute atomic E-state index is 13.1. The molecule has 0 saturated carbocycles. The second-order valence-electron chi connectivity index (χ2n) is 5.70. The summed E-state index contributed by atoms with van der Waals surface area (Å²) in [5.74, 6) is 0.109. The first-order valence-electron chi connectivity index (χ1n) is 7.49. The van der Waals surface area contributed by atoms with Crippen molar-refractivity contribution in [1.82, 2.24) is 14.7 Å². The molecular weight excluding hydrogens is 329 g/mol. The number of ketones is 1. The number of hydrogen-bond donors (Lipinski definition) is 0. The minimum absolute atomic E-state index is 0.210. The standard InChI is InChI=1S/C17H20FN3O2S/c1-11-15(12(2)22)19-21(14-7-5-13(18)6-8-14)17(23)16(11)24-10-9-20(3)4/h5-8H,9-10H2,1-4H3. The van der Waals surface area contributed by atoms with Crippen LogP contribution in [0, 0.1) is 12.7 Å². The zero-order valence-electron chi connectivity index (χ0n) is 14.2. The number of benzene rings is 1. The van der Waals surface area contributed by atoms with Crippen molar-refractivity contribution in [2.75, 3.05) is 26.4 Å². The van der Waals surface area contributed by atoms with Crippen LogP contribution in [0.4, 0.5) is 4.39 Å². The number of hydrogen-bond acceptors (Lipinski definition) is 5. The minimum atomic E-state index is -0.397. The Hall–Kier alpha value is -1.99. The lowest BCUT2D eigenvalue weighted by atomic mass is 10.2. The van der Waals surface area contributed by atoms with E-state index in [4.69, 9.17) is 0 Å². The fourth-order valence-corrected chi connectivity index (χ4v) is 3.36. The minimum Gasteiger partial charge on any atom is -0.309 e. The van der Waals surface area contributed by atoms with Crippen molar-refractivity contribution < 1.29 is 9.18 Å². The summed E-state index contributed by atoms with van der Waals surface area (Å²) in [5, 5.41) is 4.18. The molecule has 0 saturated heterocycles. The fraction of sp³-hybridized carbons (Fsp3) is 0.353. The molecule has 0 aliphatic rings. The first kappa shape index (κ1) is 18.4. The third-order valence-corrected chi connectivity index (χ3v) is 4.63. The van der Waals surface area contributed by atoms with Crippen LogP contribution in [0.1, 0.15) is 23.0 Å². The Kier molecular flexibility index (Phi) is 5.90. The molecule has 128 valence electrons. The number of aromatic nitrogens is 2. The number of carbonyl (C=O) groups excluding carboxylic acids is 1. The second kappa shape index (κ2) is 7.72. The van der Waals surface area contributed by atoms with E-state index in [0.29, 0.717) is 21.9 Å². The predicted molar refractivity (Wildman–Crippen MR) is 93.8 cm³/mol. The average molecular weight is 349 g/mol. The van der Waals surface area contributed by atoms with Gasteiger partial charge >= 0.3 is 0 Å². The number of thioether (sulfide) groups is 1. The van der Waals surface area contributed by atoms with Crippen molar-refractivity contribution in [1.29, 1.82) is 0 Å². The van der Waals surface area contributed by atoms with Crippen molar-refractivity contribution in [2.24, 2.45) is 0 Å². The van der Waals surface area contributed by atoms with Crippen LogP contribution in [0.25, 0.3) is 5.69 Å². The van der Waals surface area contributed by atoms with Gasteiger partial charge in [-0.2, -0.15) is 9.78 Å². The maximum Gasteiger partial charge on any atom is 0.285 e. The van der Waals surface area contributed by atoms with Crippen molar-refractivity contribution >= 4 is 17.5 Å². The molecule has 0 spiro atoms. The van der Waals surface area contributed by atoms with Crippen molar-refractivity contribution in [3.05, 3.63) is 51.7 Å². The fourth-order valence-electron chi connectivity index (χ4n) is 2.18. The molecule has 0 bridgehead atoms. The number of halogens is 1. The van der Waals surface area contributed by atoms with Crippen LogP contribution in [0.15, 0.2) is 34.0 Å². The summed E-state index contributed by atoms with van der Waals surface area (Å²) >= 11 is 1.40. The molecule has 2 aromatic rings. The first-order valence-corrected chi connectivity index (χ1v) is 8.48. The monoisotopic (exact) mass is 349 g/mol. The highest BCUT2D eigenvalue weighted by Crippen LogP contribution is 2.21. The smallest absolute Gasteiger partial charge is 0.285 e. The zero-order valence-corrected chi connectivity index (χ0v) is 15.0. The quantitative estimate of drug-likeness (QED) is 0.592. The molecule has 0 radical (unpaired) electrons. The van der Waals surface area contributed by atoms with Crippen LogP contribution in [-0.2, 0) is 0 Å². The molecular formula is C17H20FN3O2S. The van der Waals surface area contributed by atoms with Gasteiger partial charge in [-0.25, -0.2) is 4.39 Å². The van der Waals surface area contributed by atoms with Gasteiger partial charge < -0.3 is 4.90 Å². The van der Waals surface area contributed by atoms with E-state index in [-0.39, 0.29) is 17.0 Å². The van der Waals surface area contributed by atoms with Crippen LogP contribution >= 0.6 is 11.8 Å². The first-order chi connectivity index (χ1) is 11.3. The number of rotatable bonds is 6. The zero-order chi connectivity index (χ0) is 17.9. The van der Waals surface area contributed by atoms with Gasteiger partial charge in [0.25, 0.3) is 5.56 Å². The molecule has 0 amide bonds. The van der Waals surface area contributed by atoms with E-state index >= 15 is 0 Å². The van der Waals surface area contributed by atoms with Crippen LogP contribution in [0.2, 0.25) is 0 Å². The maximum atomic E-state index is 13.1. The molecule has 0 unspecified atom stereocenters. The Morgan fingerprint density at radius 3 is 2.46 bits per heavy atom. The van der Waals surface area contributed by atoms with Crippen LogP contribution in [0.5, 0.6) is 0 Å². The molecule has 1 aromatic carbocycles. The molecule has 5 nitrogen and oxygen atoms in total. The summed E-state index contributed by atoms with van der Waals surface area (Å²) in [6.45, 7) is 3.96. The molecule has 24 heavy (non-hydrogen) atoms. The van der Waals surface area contributed by atoms with Gasteiger partial charge in [0.15, 0.2) is 5.78 Å². The molecule has 2 rings (SSSR count). The van der Waals surface area contributed by atoms with Gasteiger partial charge in [0, 0.05) is 19.2 Å². The Morgan fingerprint density at radius 2 is 1.92 bits per heavy atom. The van der Waals surface area contributed by atoms with Gasteiger partial charge in [-0.15, -0.1) is 11.8 Å². The summed E-state index contributed by atoms with van der Waals surface area (Å²) < 4.78 is 14.3. The topological polar surface area (TPSA) is 55.2 Å². The molecule has 0 atom stereocenters. The van der Waals surface area contributed by atoms with E-state index < -0.39 is 5.82 Å². The lowest BCUT2D eigenvalue weighted by Crippen LogP contribution is -2.27. The van der Waals surface area contributed by atoms with Gasteiger partial charge in [0.05, 0.1) is 10.6 Å². The molecule has 0 fully saturated rings. The third kappa shape index (κ3) is 4.10. The van der Waals surface area contributed by atoms with Gasteiger partial charge in [0.2, 0.25) is 0 Å². The summed E-state index contributed by atoms with van der Waals surface area (Å²) in [7, 11) is 3.91. The predicted octanol–water partition coefficient (Wildman–Crippen LogP) is 2.54.